The Hall–Kier alpha value is -1.21. The highest BCUT2D eigenvalue weighted by molar-refractivity contribution is 7.46. The number of hydrogen-bond donors (Lipinski definition) is 2. The average molecular weight is 871 g/mol. The van der Waals surface area contributed by atoms with Crippen LogP contribution in [-0.2, 0) is 28.2 Å². The zero-order chi connectivity index (χ0) is 43.9. The highest BCUT2D eigenvalue weighted by Crippen LogP contribution is 2.36. The van der Waals surface area contributed by atoms with Crippen LogP contribution in [0.15, 0.2) is 12.2 Å². The van der Waals surface area contributed by atoms with Crippen molar-refractivity contribution in [3.8, 4) is 0 Å². The molecule has 0 bridgehead atoms. The quantitative estimate of drug-likeness (QED) is 0.0268. The lowest BCUT2D eigenvalue weighted by Gasteiger charge is -2.18. The minimum absolute atomic E-state index is 0.216. The van der Waals surface area contributed by atoms with Crippen LogP contribution in [-0.4, -0.2) is 41.0 Å². The summed E-state index contributed by atoms with van der Waals surface area (Å²) in [7, 11) is -4.76. The minimum atomic E-state index is -4.76. The Bertz CT molecular complexity index is 982. The van der Waals surface area contributed by atoms with Gasteiger partial charge in [-0.25, -0.2) is 4.57 Å². The van der Waals surface area contributed by atoms with E-state index in [1.54, 1.807) is 0 Å². The smallest absolute Gasteiger partial charge is 0.462 e. The third kappa shape index (κ3) is 49.4. The van der Waals surface area contributed by atoms with Crippen LogP contribution in [0.1, 0.15) is 284 Å². The first-order chi connectivity index (χ1) is 29.3. The molecule has 0 fully saturated rings. The molecule has 8 nitrogen and oxygen atoms in total. The molecule has 356 valence electrons. The first-order valence-electron chi connectivity index (χ1n) is 26.0. The maximum absolute atomic E-state index is 12.5. The molecule has 0 heterocycles. The third-order valence-corrected chi connectivity index (χ3v) is 12.3. The van der Waals surface area contributed by atoms with E-state index in [2.05, 4.69) is 30.5 Å². The molecule has 1 atom stereocenters. The monoisotopic (exact) mass is 871 g/mol. The van der Waals surface area contributed by atoms with Gasteiger partial charge < -0.3 is 19.3 Å². The normalized spacial score (nSPS) is 12.4. The predicted octanol–water partition coefficient (Wildman–Crippen LogP) is 16.5. The molecule has 0 unspecified atom stereocenters. The average Bonchev–Trinajstić information content (AvgIpc) is 3.22. The largest absolute Gasteiger partial charge is 0.469 e. The molecule has 9 heteroatoms. The van der Waals surface area contributed by atoms with E-state index in [0.717, 1.165) is 38.5 Å². The number of ether oxygens (including phenoxy) is 2. The fourth-order valence-electron chi connectivity index (χ4n) is 7.90. The summed E-state index contributed by atoms with van der Waals surface area (Å²) in [6.45, 7) is 3.74. The van der Waals surface area contributed by atoms with E-state index in [4.69, 9.17) is 19.3 Å². The fourth-order valence-corrected chi connectivity index (χ4v) is 8.26. The molecule has 0 aliphatic heterocycles. The summed E-state index contributed by atoms with van der Waals surface area (Å²) in [6, 6.07) is 0. The molecule has 0 spiro atoms. The van der Waals surface area contributed by atoms with Crippen molar-refractivity contribution in [3.05, 3.63) is 12.2 Å². The van der Waals surface area contributed by atoms with Crippen LogP contribution in [0.5, 0.6) is 0 Å². The molecule has 0 aromatic carbocycles. The standard InChI is InChI=1S/C51H99O8P/c1-3-5-7-9-11-13-15-17-19-21-23-25-27-29-31-33-35-37-39-41-43-45-50(52)57-47-49(48-58-60(54,55)56)59-51(53)46-44-42-40-38-36-34-32-30-28-26-24-22-20-18-16-14-12-10-8-6-4-2/h18,20,49H,3-17,19,21-48H2,1-2H3,(H2,54,55,56)/b20-18+/t49-/m1/s1. The Labute approximate surface area is 371 Å². The SMILES string of the molecule is CCCCCCCC/C=C/CCCCCCCCCCCCCC(=O)O[C@H](COC(=O)CCCCCCCCCCCCCCCCCCCCCCC)COP(=O)(O)O. The van der Waals surface area contributed by atoms with Crippen molar-refractivity contribution in [2.75, 3.05) is 13.2 Å². The zero-order valence-corrected chi connectivity index (χ0v) is 40.5. The Morgan fingerprint density at radius 3 is 1.02 bits per heavy atom. The minimum Gasteiger partial charge on any atom is -0.462 e. The number of phosphoric ester groups is 1. The van der Waals surface area contributed by atoms with E-state index >= 15 is 0 Å². The molecule has 0 saturated carbocycles. The lowest BCUT2D eigenvalue weighted by molar-refractivity contribution is -0.161. The Morgan fingerprint density at radius 1 is 0.417 bits per heavy atom. The van der Waals surface area contributed by atoms with Crippen LogP contribution >= 0.6 is 7.82 Å². The van der Waals surface area contributed by atoms with Crippen LogP contribution < -0.4 is 0 Å². The fraction of sp³-hybridized carbons (Fsp3) is 0.922. The van der Waals surface area contributed by atoms with Gasteiger partial charge in [0.15, 0.2) is 6.10 Å². The molecule has 0 rings (SSSR count). The second-order valence-electron chi connectivity index (χ2n) is 17.9. The molecular formula is C51H99O8P. The summed E-state index contributed by atoms with van der Waals surface area (Å²) < 4.78 is 26.6. The zero-order valence-electron chi connectivity index (χ0n) is 39.6. The summed E-state index contributed by atoms with van der Waals surface area (Å²) in [5.74, 6) is -0.866. The van der Waals surface area contributed by atoms with Gasteiger partial charge in [0.2, 0.25) is 0 Å². The van der Waals surface area contributed by atoms with Crippen LogP contribution in [0.25, 0.3) is 0 Å². The molecule has 60 heavy (non-hydrogen) atoms. The van der Waals surface area contributed by atoms with Crippen molar-refractivity contribution in [1.29, 1.82) is 0 Å². The third-order valence-electron chi connectivity index (χ3n) is 11.8. The molecular weight excluding hydrogens is 772 g/mol. The maximum Gasteiger partial charge on any atom is 0.469 e. The lowest BCUT2D eigenvalue weighted by Crippen LogP contribution is -2.29. The molecule has 0 aliphatic rings. The van der Waals surface area contributed by atoms with Gasteiger partial charge in [-0.05, 0) is 38.5 Å². The lowest BCUT2D eigenvalue weighted by atomic mass is 10.0. The van der Waals surface area contributed by atoms with Crippen LogP contribution in [0.3, 0.4) is 0 Å². The first-order valence-corrected chi connectivity index (χ1v) is 27.5. The summed E-state index contributed by atoms with van der Waals surface area (Å²) in [5.41, 5.74) is 0. The van der Waals surface area contributed by atoms with Crippen LogP contribution in [0.2, 0.25) is 0 Å². The van der Waals surface area contributed by atoms with Crippen molar-refractivity contribution < 1.29 is 37.9 Å². The van der Waals surface area contributed by atoms with Gasteiger partial charge in [0.1, 0.15) is 6.61 Å². The maximum atomic E-state index is 12.5. The molecule has 0 aromatic rings. The van der Waals surface area contributed by atoms with Crippen LogP contribution in [0.4, 0.5) is 0 Å². The topological polar surface area (TPSA) is 119 Å². The van der Waals surface area contributed by atoms with Gasteiger partial charge in [0, 0.05) is 12.8 Å². The van der Waals surface area contributed by atoms with Gasteiger partial charge in [-0.15, -0.1) is 0 Å². The number of rotatable bonds is 49. The number of phosphoric acid groups is 1. The van der Waals surface area contributed by atoms with Gasteiger partial charge in [-0.3, -0.25) is 14.1 Å². The van der Waals surface area contributed by atoms with E-state index in [1.165, 1.54) is 212 Å². The number of hydrogen-bond acceptors (Lipinski definition) is 6. The van der Waals surface area contributed by atoms with Crippen molar-refractivity contribution in [3.63, 3.8) is 0 Å². The molecule has 0 saturated heterocycles. The molecule has 0 amide bonds. The number of allylic oxidation sites excluding steroid dienone is 2. The van der Waals surface area contributed by atoms with Gasteiger partial charge >= 0.3 is 19.8 Å². The predicted molar refractivity (Wildman–Crippen MR) is 253 cm³/mol. The van der Waals surface area contributed by atoms with Crippen LogP contribution in [0, 0.1) is 0 Å². The summed E-state index contributed by atoms with van der Waals surface area (Å²) in [4.78, 5) is 43.1. The molecule has 0 aromatic heterocycles. The van der Waals surface area contributed by atoms with E-state index < -0.39 is 32.5 Å². The highest BCUT2D eigenvalue weighted by Gasteiger charge is 2.23. The Balaban J connectivity index is 3.77. The molecule has 0 radical (unpaired) electrons. The van der Waals surface area contributed by atoms with Gasteiger partial charge in [0.05, 0.1) is 6.61 Å². The summed E-state index contributed by atoms with van der Waals surface area (Å²) in [6.07, 6.45) is 55.2. The second kappa shape index (κ2) is 47.3. The molecule has 2 N–H and O–H groups in total. The van der Waals surface area contributed by atoms with Gasteiger partial charge in [-0.1, -0.05) is 244 Å². The van der Waals surface area contributed by atoms with Crippen molar-refractivity contribution in [1.82, 2.24) is 0 Å². The van der Waals surface area contributed by atoms with E-state index in [-0.39, 0.29) is 19.4 Å². The van der Waals surface area contributed by atoms with Crippen molar-refractivity contribution in [2.24, 2.45) is 0 Å². The first kappa shape index (κ1) is 58.8. The molecule has 0 aliphatic carbocycles. The summed E-state index contributed by atoms with van der Waals surface area (Å²) in [5, 5.41) is 0. The summed E-state index contributed by atoms with van der Waals surface area (Å²) >= 11 is 0. The van der Waals surface area contributed by atoms with E-state index in [1.807, 2.05) is 0 Å². The number of carbonyl (C=O) groups excluding carboxylic acids is 2. The number of unbranched alkanes of at least 4 members (excludes halogenated alkanes) is 37. The Kier molecular flexibility index (Phi) is 46.3. The van der Waals surface area contributed by atoms with Crippen molar-refractivity contribution >= 4 is 19.8 Å². The number of esters is 2. The number of carbonyl (C=O) groups is 2. The Morgan fingerprint density at radius 2 is 0.700 bits per heavy atom. The second-order valence-corrected chi connectivity index (χ2v) is 19.1. The van der Waals surface area contributed by atoms with Gasteiger partial charge in [-0.2, -0.15) is 0 Å². The highest BCUT2D eigenvalue weighted by atomic mass is 31.2. The van der Waals surface area contributed by atoms with Gasteiger partial charge in [0.25, 0.3) is 0 Å². The van der Waals surface area contributed by atoms with E-state index in [9.17, 15) is 14.2 Å². The van der Waals surface area contributed by atoms with Crippen molar-refractivity contribution in [2.45, 2.75) is 290 Å². The van der Waals surface area contributed by atoms with E-state index in [0.29, 0.717) is 6.42 Å².